The van der Waals surface area contributed by atoms with Crippen molar-refractivity contribution in [1.82, 2.24) is 14.9 Å². The summed E-state index contributed by atoms with van der Waals surface area (Å²) < 4.78 is 7.42. The predicted molar refractivity (Wildman–Crippen MR) is 90.5 cm³/mol. The maximum atomic E-state index is 5.31. The van der Waals surface area contributed by atoms with E-state index in [-0.39, 0.29) is 0 Å². The number of hydrogen-bond acceptors (Lipinski definition) is 5. The SMILES string of the molecule is COc1ccccc1/C=N\n1c(Cc2cccs2)n[nH]c1=S. The number of nitrogens with one attached hydrogen (secondary N) is 1. The highest BCUT2D eigenvalue weighted by atomic mass is 32.1. The van der Waals surface area contributed by atoms with E-state index in [0.717, 1.165) is 17.1 Å². The molecule has 0 radical (unpaired) electrons. The average Bonchev–Trinajstić information content (AvgIpc) is 3.17. The number of methoxy groups -OCH3 is 1. The van der Waals surface area contributed by atoms with Crippen molar-refractivity contribution in [2.75, 3.05) is 7.11 Å². The van der Waals surface area contributed by atoms with E-state index in [0.29, 0.717) is 11.2 Å². The molecular weight excluding hydrogens is 316 g/mol. The van der Waals surface area contributed by atoms with Crippen molar-refractivity contribution < 1.29 is 4.74 Å². The Balaban J connectivity index is 1.90. The van der Waals surface area contributed by atoms with Gasteiger partial charge in [-0.15, -0.1) is 11.3 Å². The minimum Gasteiger partial charge on any atom is -0.496 e. The molecule has 0 fully saturated rings. The van der Waals surface area contributed by atoms with Gasteiger partial charge in [0.25, 0.3) is 0 Å². The molecule has 0 aliphatic heterocycles. The summed E-state index contributed by atoms with van der Waals surface area (Å²) in [6, 6.07) is 11.8. The highest BCUT2D eigenvalue weighted by molar-refractivity contribution is 7.71. The van der Waals surface area contributed by atoms with Gasteiger partial charge in [0.05, 0.1) is 13.3 Å². The smallest absolute Gasteiger partial charge is 0.216 e. The minimum absolute atomic E-state index is 0.470. The lowest BCUT2D eigenvalue weighted by Crippen LogP contribution is -2.00. The fourth-order valence-corrected chi connectivity index (χ4v) is 2.92. The summed E-state index contributed by atoms with van der Waals surface area (Å²) in [4.78, 5) is 1.21. The molecule has 0 spiro atoms. The summed E-state index contributed by atoms with van der Waals surface area (Å²) in [5.74, 6) is 1.54. The molecule has 5 nitrogen and oxygen atoms in total. The van der Waals surface area contributed by atoms with Crippen molar-refractivity contribution in [2.24, 2.45) is 5.10 Å². The Morgan fingerprint density at radius 3 is 3.00 bits per heavy atom. The van der Waals surface area contributed by atoms with Crippen molar-refractivity contribution in [3.05, 3.63) is 62.8 Å². The number of aromatic amines is 1. The zero-order chi connectivity index (χ0) is 15.4. The Hall–Kier alpha value is -2.25. The lowest BCUT2D eigenvalue weighted by atomic mass is 10.2. The Kier molecular flexibility index (Phi) is 4.45. The third-order valence-electron chi connectivity index (χ3n) is 3.08. The minimum atomic E-state index is 0.470. The molecule has 3 rings (SSSR count). The van der Waals surface area contributed by atoms with Gasteiger partial charge in [-0.2, -0.15) is 14.9 Å². The molecule has 0 saturated heterocycles. The summed E-state index contributed by atoms with van der Waals surface area (Å²) >= 11 is 6.93. The van der Waals surface area contributed by atoms with Crippen LogP contribution in [0.1, 0.15) is 16.3 Å². The number of aromatic nitrogens is 3. The van der Waals surface area contributed by atoms with Gasteiger partial charge in [-0.05, 0) is 35.8 Å². The monoisotopic (exact) mass is 330 g/mol. The van der Waals surface area contributed by atoms with Crippen LogP contribution >= 0.6 is 23.6 Å². The molecular formula is C15H14N4OS2. The van der Waals surface area contributed by atoms with Gasteiger partial charge in [0, 0.05) is 16.9 Å². The molecule has 2 heterocycles. The quantitative estimate of drug-likeness (QED) is 0.575. The van der Waals surface area contributed by atoms with E-state index in [1.54, 1.807) is 29.3 Å². The third-order valence-corrected chi connectivity index (χ3v) is 4.22. The second-order valence-electron chi connectivity index (χ2n) is 4.50. The molecule has 0 bridgehead atoms. The molecule has 22 heavy (non-hydrogen) atoms. The van der Waals surface area contributed by atoms with Crippen LogP contribution in [-0.4, -0.2) is 28.2 Å². The van der Waals surface area contributed by atoms with Gasteiger partial charge in [0.1, 0.15) is 5.75 Å². The largest absolute Gasteiger partial charge is 0.496 e. The molecule has 1 aromatic carbocycles. The van der Waals surface area contributed by atoms with Gasteiger partial charge in [-0.25, -0.2) is 0 Å². The number of H-pyrrole nitrogens is 1. The number of rotatable bonds is 5. The first-order chi connectivity index (χ1) is 10.8. The van der Waals surface area contributed by atoms with Crippen LogP contribution in [0.5, 0.6) is 5.75 Å². The van der Waals surface area contributed by atoms with Gasteiger partial charge in [0.2, 0.25) is 4.77 Å². The van der Waals surface area contributed by atoms with E-state index in [4.69, 9.17) is 17.0 Å². The standard InChI is InChI=1S/C15H14N4OS2/c1-20-13-7-3-2-5-11(13)10-16-19-14(17-18-15(19)21)9-12-6-4-8-22-12/h2-8,10H,9H2,1H3,(H,18,21)/b16-10-. The van der Waals surface area contributed by atoms with E-state index in [9.17, 15) is 0 Å². The lowest BCUT2D eigenvalue weighted by Gasteiger charge is -2.03. The fourth-order valence-electron chi connectivity index (χ4n) is 2.02. The summed E-state index contributed by atoms with van der Waals surface area (Å²) in [7, 11) is 1.64. The van der Waals surface area contributed by atoms with Crippen LogP contribution in [-0.2, 0) is 6.42 Å². The van der Waals surface area contributed by atoms with Gasteiger partial charge >= 0.3 is 0 Å². The van der Waals surface area contributed by atoms with Crippen molar-refractivity contribution in [2.45, 2.75) is 6.42 Å². The van der Waals surface area contributed by atoms with Crippen LogP contribution in [0.25, 0.3) is 0 Å². The van der Waals surface area contributed by atoms with Crippen LogP contribution < -0.4 is 4.74 Å². The molecule has 0 unspecified atom stereocenters. The van der Waals surface area contributed by atoms with E-state index < -0.39 is 0 Å². The van der Waals surface area contributed by atoms with E-state index in [1.165, 1.54) is 4.88 Å². The number of hydrogen-bond donors (Lipinski definition) is 1. The number of ether oxygens (including phenoxy) is 1. The molecule has 7 heteroatoms. The lowest BCUT2D eigenvalue weighted by molar-refractivity contribution is 0.414. The maximum Gasteiger partial charge on any atom is 0.216 e. The Morgan fingerprint density at radius 1 is 1.36 bits per heavy atom. The molecule has 0 saturated carbocycles. The topological polar surface area (TPSA) is 55.2 Å². The predicted octanol–water partition coefficient (Wildman–Crippen LogP) is 3.48. The van der Waals surface area contributed by atoms with Crippen molar-refractivity contribution >= 4 is 29.8 Å². The van der Waals surface area contributed by atoms with Gasteiger partial charge in [-0.3, -0.25) is 5.10 Å². The van der Waals surface area contributed by atoms with Gasteiger partial charge in [0.15, 0.2) is 5.82 Å². The number of thiophene rings is 1. The third kappa shape index (κ3) is 3.15. The summed E-state index contributed by atoms with van der Waals surface area (Å²) in [5, 5.41) is 13.5. The highest BCUT2D eigenvalue weighted by Crippen LogP contribution is 2.16. The van der Waals surface area contributed by atoms with E-state index >= 15 is 0 Å². The second kappa shape index (κ2) is 6.67. The molecule has 0 atom stereocenters. The second-order valence-corrected chi connectivity index (χ2v) is 5.92. The van der Waals surface area contributed by atoms with Crippen molar-refractivity contribution in [3.63, 3.8) is 0 Å². The van der Waals surface area contributed by atoms with Crippen molar-refractivity contribution in [3.8, 4) is 5.75 Å². The summed E-state index contributed by atoms with van der Waals surface area (Å²) in [6.07, 6.45) is 2.41. The van der Waals surface area contributed by atoms with Crippen LogP contribution in [0, 0.1) is 4.77 Å². The zero-order valence-electron chi connectivity index (χ0n) is 11.9. The van der Waals surface area contributed by atoms with Crippen LogP contribution in [0.15, 0.2) is 46.9 Å². The van der Waals surface area contributed by atoms with Gasteiger partial charge < -0.3 is 4.74 Å². The molecule has 2 aromatic heterocycles. The van der Waals surface area contributed by atoms with Crippen LogP contribution in [0.4, 0.5) is 0 Å². The fraction of sp³-hybridized carbons (Fsp3) is 0.133. The normalized spacial score (nSPS) is 11.1. The molecule has 0 aliphatic carbocycles. The first-order valence-corrected chi connectivity index (χ1v) is 7.93. The average molecular weight is 330 g/mol. The summed E-state index contributed by atoms with van der Waals surface area (Å²) in [6.45, 7) is 0. The Bertz CT molecular complexity index is 833. The molecule has 3 aromatic rings. The molecule has 0 amide bonds. The maximum absolute atomic E-state index is 5.31. The van der Waals surface area contributed by atoms with Crippen LogP contribution in [0.2, 0.25) is 0 Å². The number of nitrogens with zero attached hydrogens (tertiary/aromatic N) is 3. The van der Waals surface area contributed by atoms with Crippen LogP contribution in [0.3, 0.4) is 0 Å². The Labute approximate surface area is 136 Å². The summed E-state index contributed by atoms with van der Waals surface area (Å²) in [5.41, 5.74) is 0.884. The molecule has 0 aliphatic rings. The number of benzene rings is 1. The van der Waals surface area contributed by atoms with Gasteiger partial charge in [-0.1, -0.05) is 18.2 Å². The number of para-hydroxylation sites is 1. The first kappa shape index (κ1) is 14.7. The van der Waals surface area contributed by atoms with E-state index in [2.05, 4.69) is 21.4 Å². The zero-order valence-corrected chi connectivity index (χ0v) is 13.5. The molecule has 1 N–H and O–H groups in total. The van der Waals surface area contributed by atoms with E-state index in [1.807, 2.05) is 35.7 Å². The molecule has 112 valence electrons. The Morgan fingerprint density at radius 2 is 2.23 bits per heavy atom. The highest BCUT2D eigenvalue weighted by Gasteiger charge is 2.07. The van der Waals surface area contributed by atoms with Crippen molar-refractivity contribution in [1.29, 1.82) is 0 Å². The first-order valence-electron chi connectivity index (χ1n) is 6.64.